The first-order valence-corrected chi connectivity index (χ1v) is 5.49. The summed E-state index contributed by atoms with van der Waals surface area (Å²) < 4.78 is 0. The average molecular weight is 252 g/mol. The van der Waals surface area contributed by atoms with Crippen LogP contribution in [0.1, 0.15) is 16.2 Å². The zero-order valence-corrected chi connectivity index (χ0v) is 9.32. The number of aromatic nitrogens is 3. The van der Waals surface area contributed by atoms with Gasteiger partial charge in [-0.15, -0.1) is 0 Å². The summed E-state index contributed by atoms with van der Waals surface area (Å²) >= 11 is 1.07. The number of rotatable bonds is 4. The molecule has 3 N–H and O–H groups in total. The first-order valence-electron chi connectivity index (χ1n) is 4.61. The number of aromatic amines is 1. The van der Waals surface area contributed by atoms with Crippen molar-refractivity contribution >= 4 is 23.1 Å². The van der Waals surface area contributed by atoms with Crippen molar-refractivity contribution < 1.29 is 9.90 Å². The highest BCUT2D eigenvalue weighted by atomic mass is 32.1. The van der Waals surface area contributed by atoms with Crippen molar-refractivity contribution in [1.29, 1.82) is 0 Å². The van der Waals surface area contributed by atoms with E-state index in [2.05, 4.69) is 20.3 Å². The summed E-state index contributed by atoms with van der Waals surface area (Å²) in [4.78, 5) is 31.6. The molecular formula is C9H8N4O3S. The quantitative estimate of drug-likeness (QED) is 0.732. The third-order valence-electron chi connectivity index (χ3n) is 1.88. The summed E-state index contributed by atoms with van der Waals surface area (Å²) in [5, 5.41) is 13.3. The maximum absolute atomic E-state index is 10.9. The molecule has 17 heavy (non-hydrogen) atoms. The molecule has 0 aliphatic rings. The number of hydrogen-bond donors (Lipinski definition) is 3. The molecule has 0 radical (unpaired) electrons. The van der Waals surface area contributed by atoms with Crippen molar-refractivity contribution in [2.75, 3.05) is 5.32 Å². The first-order chi connectivity index (χ1) is 8.15. The number of carboxylic acid groups (broad SMARTS) is 1. The van der Waals surface area contributed by atoms with Crippen molar-refractivity contribution in [3.8, 4) is 0 Å². The van der Waals surface area contributed by atoms with E-state index in [-0.39, 0.29) is 10.6 Å². The summed E-state index contributed by atoms with van der Waals surface area (Å²) in [7, 11) is 0. The van der Waals surface area contributed by atoms with Crippen LogP contribution in [0.2, 0.25) is 0 Å². The van der Waals surface area contributed by atoms with Crippen LogP contribution >= 0.6 is 11.3 Å². The number of carbonyl (C=O) groups is 1. The van der Waals surface area contributed by atoms with E-state index < -0.39 is 5.97 Å². The van der Waals surface area contributed by atoms with E-state index >= 15 is 0 Å². The Kier molecular flexibility index (Phi) is 3.15. The third kappa shape index (κ3) is 2.88. The summed E-state index contributed by atoms with van der Waals surface area (Å²) in [6, 6.07) is 0. The highest BCUT2D eigenvalue weighted by molar-refractivity contribution is 7.07. The molecule has 0 fully saturated rings. The fourth-order valence-corrected chi connectivity index (χ4v) is 1.72. The van der Waals surface area contributed by atoms with E-state index in [1.807, 2.05) is 0 Å². The van der Waals surface area contributed by atoms with Gasteiger partial charge in [-0.25, -0.2) is 9.78 Å². The minimum atomic E-state index is -1.13. The number of nitrogens with zero attached hydrogens (tertiary/aromatic N) is 2. The molecule has 0 saturated heterocycles. The predicted octanol–water partition coefficient (Wildman–Crippen LogP) is 0.537. The molecule has 2 rings (SSSR count). The number of nitrogens with one attached hydrogen (secondary N) is 2. The molecule has 0 bridgehead atoms. The molecule has 0 amide bonds. The normalized spacial score (nSPS) is 10.1. The Hall–Kier alpha value is -2.22. The van der Waals surface area contributed by atoms with Crippen molar-refractivity contribution in [2.24, 2.45) is 0 Å². The number of hydrogen-bond acceptors (Lipinski definition) is 6. The van der Waals surface area contributed by atoms with Gasteiger partial charge in [-0.2, -0.15) is 0 Å². The van der Waals surface area contributed by atoms with E-state index in [4.69, 9.17) is 5.11 Å². The predicted molar refractivity (Wildman–Crippen MR) is 61.3 cm³/mol. The second kappa shape index (κ2) is 4.74. The van der Waals surface area contributed by atoms with Crippen LogP contribution in [0.5, 0.6) is 0 Å². The van der Waals surface area contributed by atoms with Crippen molar-refractivity contribution in [3.05, 3.63) is 38.8 Å². The van der Waals surface area contributed by atoms with Crippen molar-refractivity contribution in [3.63, 3.8) is 0 Å². The van der Waals surface area contributed by atoms with E-state index in [0.29, 0.717) is 18.1 Å². The summed E-state index contributed by atoms with van der Waals surface area (Å²) in [6.07, 6.45) is 2.58. The lowest BCUT2D eigenvalue weighted by Crippen LogP contribution is -2.07. The van der Waals surface area contributed by atoms with Gasteiger partial charge in [-0.05, 0) is 0 Å². The van der Waals surface area contributed by atoms with Crippen LogP contribution in [0.25, 0.3) is 0 Å². The van der Waals surface area contributed by atoms with E-state index in [0.717, 1.165) is 11.3 Å². The molecule has 0 spiro atoms. The second-order valence-electron chi connectivity index (χ2n) is 3.12. The topological polar surface area (TPSA) is 108 Å². The maximum atomic E-state index is 10.9. The highest BCUT2D eigenvalue weighted by Gasteiger charge is 2.06. The van der Waals surface area contributed by atoms with Crippen LogP contribution < -0.4 is 10.2 Å². The fourth-order valence-electron chi connectivity index (χ4n) is 1.14. The molecule has 0 aliphatic carbocycles. The molecule has 7 nitrogen and oxygen atoms in total. The molecule has 0 aliphatic heterocycles. The van der Waals surface area contributed by atoms with Crippen molar-refractivity contribution in [2.45, 2.75) is 6.54 Å². The molecule has 88 valence electrons. The number of anilines is 1. The standard InChI is InChI=1S/C9H8N4O3S/c14-8(15)6-2-10-3-7(13-6)11-1-5-4-17-9(16)12-5/h2-4H,1H2,(H,11,13)(H,12,16)(H,14,15). The Morgan fingerprint density at radius 1 is 1.53 bits per heavy atom. The van der Waals surface area contributed by atoms with E-state index in [1.54, 1.807) is 5.38 Å². The van der Waals surface area contributed by atoms with Crippen LogP contribution in [0.3, 0.4) is 0 Å². The van der Waals surface area contributed by atoms with Crippen LogP contribution in [0, 0.1) is 0 Å². The average Bonchev–Trinajstić information content (AvgIpc) is 2.73. The number of H-pyrrole nitrogens is 1. The van der Waals surface area contributed by atoms with Gasteiger partial charge in [0.05, 0.1) is 18.9 Å². The van der Waals surface area contributed by atoms with Crippen molar-refractivity contribution in [1.82, 2.24) is 15.0 Å². The molecule has 8 heteroatoms. The van der Waals surface area contributed by atoms with Gasteiger partial charge in [-0.1, -0.05) is 11.3 Å². The summed E-state index contributed by atoms with van der Waals surface area (Å²) in [5.41, 5.74) is 0.580. The Balaban J connectivity index is 2.06. The lowest BCUT2D eigenvalue weighted by molar-refractivity contribution is 0.0690. The van der Waals surface area contributed by atoms with Gasteiger partial charge < -0.3 is 15.4 Å². The van der Waals surface area contributed by atoms with E-state index in [1.165, 1.54) is 12.4 Å². The van der Waals surface area contributed by atoms with Crippen LogP contribution in [-0.4, -0.2) is 26.0 Å². The Morgan fingerprint density at radius 3 is 3.00 bits per heavy atom. The number of aromatic carboxylic acids is 1. The van der Waals surface area contributed by atoms with Gasteiger partial charge in [0.15, 0.2) is 5.69 Å². The maximum Gasteiger partial charge on any atom is 0.356 e. The fraction of sp³-hybridized carbons (Fsp3) is 0.111. The highest BCUT2D eigenvalue weighted by Crippen LogP contribution is 2.04. The molecule has 0 saturated carbocycles. The number of carboxylic acids is 1. The minimum absolute atomic E-state index is 0.131. The summed E-state index contributed by atoms with van der Waals surface area (Å²) in [6.45, 7) is 0.358. The van der Waals surface area contributed by atoms with Gasteiger partial charge >= 0.3 is 10.8 Å². The van der Waals surface area contributed by atoms with Gasteiger partial charge in [0.1, 0.15) is 5.82 Å². The SMILES string of the molecule is O=C(O)c1cncc(NCc2csc(=O)[nH]2)n1. The Bertz CT molecular complexity index is 592. The third-order valence-corrected chi connectivity index (χ3v) is 2.60. The minimum Gasteiger partial charge on any atom is -0.476 e. The Morgan fingerprint density at radius 2 is 2.35 bits per heavy atom. The van der Waals surface area contributed by atoms with Gasteiger partial charge in [0, 0.05) is 11.1 Å². The lowest BCUT2D eigenvalue weighted by Gasteiger charge is -2.03. The zero-order chi connectivity index (χ0) is 12.3. The smallest absolute Gasteiger partial charge is 0.356 e. The van der Waals surface area contributed by atoms with Gasteiger partial charge in [0.2, 0.25) is 0 Å². The number of thiazole rings is 1. The molecular weight excluding hydrogens is 244 g/mol. The Labute approximate surface area is 99.2 Å². The van der Waals surface area contributed by atoms with Crippen LogP contribution in [0.15, 0.2) is 22.6 Å². The van der Waals surface area contributed by atoms with E-state index in [9.17, 15) is 9.59 Å². The van der Waals surface area contributed by atoms with Gasteiger partial charge in [-0.3, -0.25) is 9.78 Å². The molecule has 0 unspecified atom stereocenters. The van der Waals surface area contributed by atoms with Gasteiger partial charge in [0.25, 0.3) is 0 Å². The first kappa shape index (κ1) is 11.3. The monoisotopic (exact) mass is 252 g/mol. The molecule has 2 aromatic rings. The zero-order valence-electron chi connectivity index (χ0n) is 8.51. The van der Waals surface area contributed by atoms with Crippen LogP contribution in [-0.2, 0) is 6.54 Å². The second-order valence-corrected chi connectivity index (χ2v) is 3.96. The molecule has 2 heterocycles. The molecule has 0 aromatic carbocycles. The lowest BCUT2D eigenvalue weighted by atomic mass is 10.4. The summed E-state index contributed by atoms with van der Waals surface area (Å²) in [5.74, 6) is -0.790. The molecule has 2 aromatic heterocycles. The largest absolute Gasteiger partial charge is 0.476 e. The molecule has 0 atom stereocenters. The van der Waals surface area contributed by atoms with Crippen LogP contribution in [0.4, 0.5) is 5.82 Å².